The zero-order chi connectivity index (χ0) is 16.4. The van der Waals surface area contributed by atoms with Gasteiger partial charge in [0.05, 0.1) is 4.88 Å². The fourth-order valence-electron chi connectivity index (χ4n) is 3.04. The van der Waals surface area contributed by atoms with Gasteiger partial charge in [-0.15, -0.1) is 11.3 Å². The van der Waals surface area contributed by atoms with Gasteiger partial charge in [0.1, 0.15) is 0 Å². The number of aryl methyl sites for hydroxylation is 1. The molecule has 1 aromatic carbocycles. The number of carbonyl (C=O) groups excluding carboxylic acids is 1. The Balaban J connectivity index is 1.83. The highest BCUT2D eigenvalue weighted by molar-refractivity contribution is 7.17. The van der Waals surface area contributed by atoms with Crippen LogP contribution in [0.1, 0.15) is 28.1 Å². The van der Waals surface area contributed by atoms with Crippen LogP contribution in [0.3, 0.4) is 0 Å². The first-order valence-corrected chi connectivity index (χ1v) is 9.10. The minimum absolute atomic E-state index is 0.123. The summed E-state index contributed by atoms with van der Waals surface area (Å²) in [5.74, 6) is 0.123. The van der Waals surface area contributed by atoms with Crippen LogP contribution in [0, 0.1) is 6.92 Å². The second-order valence-corrected chi connectivity index (χ2v) is 7.52. The van der Waals surface area contributed by atoms with Crippen molar-refractivity contribution < 1.29 is 4.79 Å². The van der Waals surface area contributed by atoms with E-state index in [2.05, 4.69) is 5.32 Å². The van der Waals surface area contributed by atoms with Crippen LogP contribution in [0.15, 0.2) is 30.3 Å². The van der Waals surface area contributed by atoms with Crippen molar-refractivity contribution in [2.75, 3.05) is 20.1 Å². The number of benzene rings is 1. The number of rotatable bonds is 3. The lowest BCUT2D eigenvalue weighted by molar-refractivity contribution is 0.0708. The SMILES string of the molecule is Cc1cc(C(=O)N(C)C2CCNCC2)sc1-c1cccc(Cl)c1. The van der Waals surface area contributed by atoms with Crippen LogP contribution in [0.2, 0.25) is 5.02 Å². The summed E-state index contributed by atoms with van der Waals surface area (Å²) in [6.07, 6.45) is 2.04. The fourth-order valence-corrected chi connectivity index (χ4v) is 4.38. The zero-order valence-corrected chi connectivity index (χ0v) is 15.0. The van der Waals surface area contributed by atoms with E-state index in [9.17, 15) is 4.79 Å². The summed E-state index contributed by atoms with van der Waals surface area (Å²) in [6.45, 7) is 4.02. The first-order valence-electron chi connectivity index (χ1n) is 7.90. The molecule has 1 fully saturated rings. The van der Waals surface area contributed by atoms with Crippen molar-refractivity contribution in [1.29, 1.82) is 0 Å². The Hall–Kier alpha value is -1.36. The van der Waals surface area contributed by atoms with E-state index in [1.54, 1.807) is 11.3 Å². The van der Waals surface area contributed by atoms with E-state index in [1.165, 1.54) is 0 Å². The Morgan fingerprint density at radius 1 is 1.30 bits per heavy atom. The predicted octanol–water partition coefficient (Wildman–Crippen LogP) is 4.20. The van der Waals surface area contributed by atoms with Gasteiger partial charge in [0.15, 0.2) is 0 Å². The van der Waals surface area contributed by atoms with Crippen molar-refractivity contribution in [2.24, 2.45) is 0 Å². The van der Waals surface area contributed by atoms with E-state index >= 15 is 0 Å². The maximum Gasteiger partial charge on any atom is 0.263 e. The molecule has 0 radical (unpaired) electrons. The van der Waals surface area contributed by atoms with Gasteiger partial charge in [-0.05, 0) is 62.2 Å². The van der Waals surface area contributed by atoms with Crippen molar-refractivity contribution in [1.82, 2.24) is 10.2 Å². The second-order valence-electron chi connectivity index (χ2n) is 6.03. The highest BCUT2D eigenvalue weighted by Crippen LogP contribution is 2.34. The molecule has 3 nitrogen and oxygen atoms in total. The van der Waals surface area contributed by atoms with Gasteiger partial charge < -0.3 is 10.2 Å². The first kappa shape index (κ1) is 16.5. The summed E-state index contributed by atoms with van der Waals surface area (Å²) in [5.41, 5.74) is 2.20. The minimum Gasteiger partial charge on any atom is -0.338 e. The van der Waals surface area contributed by atoms with E-state index in [-0.39, 0.29) is 5.91 Å². The molecule has 1 N–H and O–H groups in total. The number of nitrogens with zero attached hydrogens (tertiary/aromatic N) is 1. The van der Waals surface area contributed by atoms with Crippen LogP contribution >= 0.6 is 22.9 Å². The van der Waals surface area contributed by atoms with Gasteiger partial charge in [-0.3, -0.25) is 4.79 Å². The number of nitrogens with one attached hydrogen (secondary N) is 1. The number of amides is 1. The molecular formula is C18H21ClN2OS. The summed E-state index contributed by atoms with van der Waals surface area (Å²) >= 11 is 7.65. The number of hydrogen-bond donors (Lipinski definition) is 1. The third-order valence-corrected chi connectivity index (χ3v) is 5.90. The van der Waals surface area contributed by atoms with E-state index in [0.717, 1.165) is 51.8 Å². The molecule has 1 aromatic heterocycles. The number of thiophene rings is 1. The third-order valence-electron chi connectivity index (χ3n) is 4.39. The second kappa shape index (κ2) is 7.04. The van der Waals surface area contributed by atoms with Crippen molar-refractivity contribution in [2.45, 2.75) is 25.8 Å². The minimum atomic E-state index is 0.123. The first-order chi connectivity index (χ1) is 11.1. The van der Waals surface area contributed by atoms with Crippen LogP contribution in [0.4, 0.5) is 0 Å². The van der Waals surface area contributed by atoms with Crippen molar-refractivity contribution in [3.8, 4) is 10.4 Å². The molecule has 2 heterocycles. The van der Waals surface area contributed by atoms with Gasteiger partial charge in [0.25, 0.3) is 5.91 Å². The van der Waals surface area contributed by atoms with Crippen LogP contribution in [0.25, 0.3) is 10.4 Å². The van der Waals surface area contributed by atoms with E-state index < -0.39 is 0 Å². The number of hydrogen-bond acceptors (Lipinski definition) is 3. The van der Waals surface area contributed by atoms with Crippen LogP contribution in [-0.4, -0.2) is 37.0 Å². The molecule has 122 valence electrons. The van der Waals surface area contributed by atoms with Crippen LogP contribution in [-0.2, 0) is 0 Å². The Bertz CT molecular complexity index is 707. The molecule has 0 spiro atoms. The van der Waals surface area contributed by atoms with E-state index in [1.807, 2.05) is 49.2 Å². The lowest BCUT2D eigenvalue weighted by atomic mass is 10.1. The fraction of sp³-hybridized carbons (Fsp3) is 0.389. The van der Waals surface area contributed by atoms with Crippen LogP contribution in [0.5, 0.6) is 0 Å². The largest absolute Gasteiger partial charge is 0.338 e. The van der Waals surface area contributed by atoms with E-state index in [4.69, 9.17) is 11.6 Å². The Morgan fingerprint density at radius 3 is 2.74 bits per heavy atom. The molecule has 0 atom stereocenters. The zero-order valence-electron chi connectivity index (χ0n) is 13.4. The molecule has 1 amide bonds. The molecule has 0 bridgehead atoms. The van der Waals surface area contributed by atoms with Crippen molar-refractivity contribution in [3.63, 3.8) is 0 Å². The molecule has 1 aliphatic rings. The Kier molecular flexibility index (Phi) is 5.05. The van der Waals surface area contributed by atoms with Gasteiger partial charge in [-0.2, -0.15) is 0 Å². The molecule has 1 saturated heterocycles. The van der Waals surface area contributed by atoms with Gasteiger partial charge in [0, 0.05) is 23.0 Å². The molecule has 1 aliphatic heterocycles. The smallest absolute Gasteiger partial charge is 0.263 e. The topological polar surface area (TPSA) is 32.3 Å². The lowest BCUT2D eigenvalue weighted by Gasteiger charge is -2.31. The molecule has 5 heteroatoms. The maximum atomic E-state index is 12.8. The molecule has 3 rings (SSSR count). The summed E-state index contributed by atoms with van der Waals surface area (Å²) in [7, 11) is 1.92. The predicted molar refractivity (Wildman–Crippen MR) is 97.5 cm³/mol. The average molecular weight is 349 g/mol. The summed E-state index contributed by atoms with van der Waals surface area (Å²) in [4.78, 5) is 16.6. The summed E-state index contributed by atoms with van der Waals surface area (Å²) < 4.78 is 0. The normalized spacial score (nSPS) is 15.6. The lowest BCUT2D eigenvalue weighted by Crippen LogP contribution is -2.43. The van der Waals surface area contributed by atoms with Crippen molar-refractivity contribution in [3.05, 3.63) is 45.8 Å². The molecule has 0 unspecified atom stereocenters. The quantitative estimate of drug-likeness (QED) is 0.901. The highest BCUT2D eigenvalue weighted by Gasteiger charge is 2.24. The van der Waals surface area contributed by atoms with Crippen molar-refractivity contribution >= 4 is 28.8 Å². The third kappa shape index (κ3) is 3.60. The highest BCUT2D eigenvalue weighted by atomic mass is 35.5. The maximum absolute atomic E-state index is 12.8. The van der Waals surface area contributed by atoms with Gasteiger partial charge in [0.2, 0.25) is 0 Å². The number of carbonyl (C=O) groups is 1. The molecule has 23 heavy (non-hydrogen) atoms. The van der Waals surface area contributed by atoms with Crippen LogP contribution < -0.4 is 5.32 Å². The van der Waals surface area contributed by atoms with Gasteiger partial charge in [-0.1, -0.05) is 23.7 Å². The van der Waals surface area contributed by atoms with E-state index in [0.29, 0.717) is 6.04 Å². The molecule has 2 aromatic rings. The van der Waals surface area contributed by atoms with Gasteiger partial charge >= 0.3 is 0 Å². The average Bonchev–Trinajstić information content (AvgIpc) is 2.96. The van der Waals surface area contributed by atoms with Gasteiger partial charge in [-0.25, -0.2) is 0 Å². The summed E-state index contributed by atoms with van der Waals surface area (Å²) in [6, 6.07) is 10.1. The molecule has 0 saturated carbocycles. The Labute approximate surface area is 146 Å². The molecular weight excluding hydrogens is 328 g/mol. The summed E-state index contributed by atoms with van der Waals surface area (Å²) in [5, 5.41) is 4.06. The monoisotopic (exact) mass is 348 g/mol. The number of piperidine rings is 1. The number of halogens is 1. The Morgan fingerprint density at radius 2 is 2.04 bits per heavy atom. The molecule has 0 aliphatic carbocycles. The standard InChI is InChI=1S/C18H21ClN2OS/c1-12-10-16(18(22)21(2)15-6-8-20-9-7-15)23-17(12)13-4-3-5-14(19)11-13/h3-5,10-11,15,20H,6-9H2,1-2H3.